The zero-order valence-electron chi connectivity index (χ0n) is 12.2. The van der Waals surface area contributed by atoms with Crippen molar-refractivity contribution in [3.8, 4) is 0 Å². The van der Waals surface area contributed by atoms with Crippen LogP contribution >= 0.6 is 23.5 Å². The lowest BCUT2D eigenvalue weighted by Gasteiger charge is -2.13. The fourth-order valence-corrected chi connectivity index (χ4v) is 4.71. The number of aromatic nitrogens is 2. The summed E-state index contributed by atoms with van der Waals surface area (Å²) in [7, 11) is 1.99. The van der Waals surface area contributed by atoms with Crippen LogP contribution in [0.4, 0.5) is 0 Å². The van der Waals surface area contributed by atoms with Crippen LogP contribution in [-0.4, -0.2) is 34.7 Å². The van der Waals surface area contributed by atoms with Crippen LogP contribution < -0.4 is 5.32 Å². The third kappa shape index (κ3) is 3.44. The van der Waals surface area contributed by atoms with E-state index in [9.17, 15) is 0 Å². The highest BCUT2D eigenvalue weighted by Gasteiger charge is 2.32. The van der Waals surface area contributed by atoms with Gasteiger partial charge in [0.15, 0.2) is 5.82 Å². The minimum atomic E-state index is 0.338. The number of hydrogen-bond donors (Lipinski definition) is 1. The lowest BCUT2D eigenvalue weighted by atomic mass is 10.0. The van der Waals surface area contributed by atoms with Gasteiger partial charge < -0.3 is 9.84 Å². The highest BCUT2D eigenvalue weighted by molar-refractivity contribution is 7.99. The Labute approximate surface area is 133 Å². The first-order valence-corrected chi connectivity index (χ1v) is 9.18. The number of rotatable bonds is 5. The van der Waals surface area contributed by atoms with Crippen LogP contribution in [0.3, 0.4) is 0 Å². The Morgan fingerprint density at radius 2 is 2.24 bits per heavy atom. The highest BCUT2D eigenvalue weighted by Crippen LogP contribution is 2.32. The van der Waals surface area contributed by atoms with E-state index in [2.05, 4.69) is 46.6 Å². The molecule has 1 aliphatic heterocycles. The fourth-order valence-electron chi connectivity index (χ4n) is 2.42. The largest absolute Gasteiger partial charge is 0.339 e. The van der Waals surface area contributed by atoms with Gasteiger partial charge in [-0.2, -0.15) is 16.7 Å². The number of hydrogen-bond acceptors (Lipinski definition) is 6. The van der Waals surface area contributed by atoms with Gasteiger partial charge in [0.25, 0.3) is 0 Å². The second-order valence-corrected chi connectivity index (χ2v) is 7.23. The number of aryl methyl sites for hydroxylation is 1. The zero-order chi connectivity index (χ0) is 14.7. The molecule has 0 bridgehead atoms. The summed E-state index contributed by atoms with van der Waals surface area (Å²) in [6, 6.07) is 8.81. The summed E-state index contributed by atoms with van der Waals surface area (Å²) in [4.78, 5) is 5.85. The lowest BCUT2D eigenvalue weighted by molar-refractivity contribution is 0.341. The van der Waals surface area contributed by atoms with Gasteiger partial charge in [-0.1, -0.05) is 23.4 Å². The Morgan fingerprint density at radius 3 is 3.05 bits per heavy atom. The van der Waals surface area contributed by atoms with Gasteiger partial charge in [0.1, 0.15) is 0 Å². The molecule has 1 aromatic heterocycles. The monoisotopic (exact) mass is 321 g/mol. The Bertz CT molecular complexity index is 602. The number of likely N-dealkylation sites (N-methyl/N-ethyl adjacent to an activating group) is 1. The molecule has 2 unspecified atom stereocenters. The van der Waals surface area contributed by atoms with Crippen LogP contribution in [0.15, 0.2) is 33.7 Å². The van der Waals surface area contributed by atoms with E-state index in [4.69, 9.17) is 4.52 Å². The predicted molar refractivity (Wildman–Crippen MR) is 88.0 cm³/mol. The third-order valence-electron chi connectivity index (χ3n) is 3.70. The molecule has 6 heteroatoms. The van der Waals surface area contributed by atoms with Gasteiger partial charge >= 0.3 is 0 Å². The molecule has 2 heterocycles. The van der Waals surface area contributed by atoms with E-state index in [0.717, 1.165) is 29.0 Å². The second-order valence-electron chi connectivity index (χ2n) is 5.14. The smallest absolute Gasteiger partial charge is 0.232 e. The van der Waals surface area contributed by atoms with Crippen LogP contribution in [0.1, 0.15) is 23.2 Å². The molecule has 2 aromatic rings. The number of thioether (sulfide) groups is 2. The average molecular weight is 321 g/mol. The minimum absolute atomic E-state index is 0.338. The molecule has 1 aromatic carbocycles. The van der Waals surface area contributed by atoms with Crippen molar-refractivity contribution >= 4 is 23.5 Å². The van der Waals surface area contributed by atoms with E-state index >= 15 is 0 Å². The highest BCUT2D eigenvalue weighted by atomic mass is 32.2. The van der Waals surface area contributed by atoms with Crippen molar-refractivity contribution in [2.75, 3.05) is 18.6 Å². The van der Waals surface area contributed by atoms with Gasteiger partial charge in [-0.05, 0) is 25.6 Å². The summed E-state index contributed by atoms with van der Waals surface area (Å²) in [6.45, 7) is 2.12. The van der Waals surface area contributed by atoms with Gasteiger partial charge in [-0.25, -0.2) is 0 Å². The molecular weight excluding hydrogens is 302 g/mol. The Balaban J connectivity index is 1.64. The quantitative estimate of drug-likeness (QED) is 0.854. The number of benzene rings is 1. The first-order valence-electron chi connectivity index (χ1n) is 7.04. The van der Waals surface area contributed by atoms with E-state index in [1.165, 1.54) is 10.5 Å². The van der Waals surface area contributed by atoms with Gasteiger partial charge in [0, 0.05) is 22.4 Å². The van der Waals surface area contributed by atoms with E-state index in [-0.39, 0.29) is 0 Å². The summed E-state index contributed by atoms with van der Waals surface area (Å²) in [5.74, 6) is 4.81. The molecule has 0 amide bonds. The molecule has 4 nitrogen and oxygen atoms in total. The van der Waals surface area contributed by atoms with Crippen molar-refractivity contribution in [3.05, 3.63) is 41.5 Å². The Hall–Kier alpha value is -0.980. The molecule has 0 aliphatic carbocycles. The predicted octanol–water partition coefficient (Wildman–Crippen LogP) is 3.09. The molecule has 1 fully saturated rings. The molecule has 1 saturated heterocycles. The van der Waals surface area contributed by atoms with Crippen molar-refractivity contribution < 1.29 is 4.52 Å². The summed E-state index contributed by atoms with van der Waals surface area (Å²) < 4.78 is 5.47. The van der Waals surface area contributed by atoms with E-state index in [1.807, 2.05) is 18.8 Å². The summed E-state index contributed by atoms with van der Waals surface area (Å²) in [6.07, 6.45) is 0. The van der Waals surface area contributed by atoms with E-state index in [0.29, 0.717) is 12.0 Å². The Morgan fingerprint density at radius 1 is 1.38 bits per heavy atom. The summed E-state index contributed by atoms with van der Waals surface area (Å²) >= 11 is 3.69. The first-order chi connectivity index (χ1) is 10.3. The van der Waals surface area contributed by atoms with Gasteiger partial charge in [-0.15, -0.1) is 11.8 Å². The summed E-state index contributed by atoms with van der Waals surface area (Å²) in [5.41, 5.74) is 1.29. The fraction of sp³-hybridized carbons (Fsp3) is 0.467. The Kier molecular flexibility index (Phi) is 4.87. The SMILES string of the molecule is CNC1CSCC1c1nc(CSc2ccccc2C)no1. The molecule has 3 rings (SSSR count). The molecular formula is C15H19N3OS2. The zero-order valence-corrected chi connectivity index (χ0v) is 13.8. The normalized spacial score (nSPS) is 21.8. The standard InChI is InChI=1S/C15H19N3OS2/c1-10-5-3-4-6-13(10)21-9-14-17-15(19-18-14)11-7-20-8-12(11)16-2/h3-6,11-12,16H,7-9H2,1-2H3. The third-order valence-corrected chi connectivity index (χ3v) is 6.06. The number of nitrogens with one attached hydrogen (secondary N) is 1. The molecule has 2 atom stereocenters. The maximum Gasteiger partial charge on any atom is 0.232 e. The van der Waals surface area contributed by atoms with Gasteiger partial charge in [0.05, 0.1) is 11.7 Å². The van der Waals surface area contributed by atoms with Crippen molar-refractivity contribution in [3.63, 3.8) is 0 Å². The van der Waals surface area contributed by atoms with Gasteiger partial charge in [0.2, 0.25) is 5.89 Å². The molecule has 0 radical (unpaired) electrons. The average Bonchev–Trinajstić information content (AvgIpc) is 3.14. The molecule has 1 N–H and O–H groups in total. The second kappa shape index (κ2) is 6.85. The first kappa shape index (κ1) is 14.9. The maximum absolute atomic E-state index is 5.47. The maximum atomic E-state index is 5.47. The van der Waals surface area contributed by atoms with Crippen LogP contribution in [0, 0.1) is 6.92 Å². The van der Waals surface area contributed by atoms with Crippen molar-refractivity contribution in [2.24, 2.45) is 0 Å². The summed E-state index contributed by atoms with van der Waals surface area (Å²) in [5, 5.41) is 7.46. The van der Waals surface area contributed by atoms with Gasteiger partial charge in [-0.3, -0.25) is 0 Å². The van der Waals surface area contributed by atoms with Crippen molar-refractivity contribution in [1.29, 1.82) is 0 Å². The van der Waals surface area contributed by atoms with E-state index in [1.54, 1.807) is 11.8 Å². The molecule has 112 valence electrons. The lowest BCUT2D eigenvalue weighted by Crippen LogP contribution is -2.31. The molecule has 21 heavy (non-hydrogen) atoms. The minimum Gasteiger partial charge on any atom is -0.339 e. The number of nitrogens with zero attached hydrogens (tertiary/aromatic N) is 2. The van der Waals surface area contributed by atoms with Crippen LogP contribution in [-0.2, 0) is 5.75 Å². The van der Waals surface area contributed by atoms with E-state index < -0.39 is 0 Å². The van der Waals surface area contributed by atoms with Crippen molar-refractivity contribution in [2.45, 2.75) is 29.5 Å². The molecule has 1 aliphatic rings. The van der Waals surface area contributed by atoms with Crippen molar-refractivity contribution in [1.82, 2.24) is 15.5 Å². The van der Waals surface area contributed by atoms with Crippen LogP contribution in [0.5, 0.6) is 0 Å². The molecule has 0 saturated carbocycles. The molecule has 0 spiro atoms. The topological polar surface area (TPSA) is 51.0 Å². The van der Waals surface area contributed by atoms with Crippen LogP contribution in [0.25, 0.3) is 0 Å². The van der Waals surface area contributed by atoms with Crippen LogP contribution in [0.2, 0.25) is 0 Å².